The molecular weight excluding hydrogens is 388 g/mol. The predicted octanol–water partition coefficient (Wildman–Crippen LogP) is 8.30. The highest BCUT2D eigenvalue weighted by molar-refractivity contribution is 5.19. The van der Waals surface area contributed by atoms with Crippen molar-refractivity contribution in [1.29, 1.82) is 0 Å². The molecule has 188 valence electrons. The summed E-state index contributed by atoms with van der Waals surface area (Å²) in [5, 5.41) is 32.4. The van der Waals surface area contributed by atoms with E-state index in [2.05, 4.69) is 13.8 Å². The third kappa shape index (κ3) is 96.7. The summed E-state index contributed by atoms with van der Waals surface area (Å²) >= 11 is 0. The number of hydrogen-bond donors (Lipinski definition) is 4. The number of aliphatic hydroxyl groups excluding tert-OH is 2. The highest BCUT2D eigenvalue weighted by Crippen LogP contribution is 2.03. The van der Waals surface area contributed by atoms with Gasteiger partial charge in [-0.15, -0.1) is 0 Å². The highest BCUT2D eigenvalue weighted by atomic mass is 16.3. The maximum atomic E-state index is 8.63. The number of aromatic hydroxyl groups is 2. The van der Waals surface area contributed by atoms with Gasteiger partial charge >= 0.3 is 0 Å². The molecule has 0 aliphatic carbocycles. The summed E-state index contributed by atoms with van der Waals surface area (Å²) in [5.74, 6) is 0.644. The zero-order chi connectivity index (χ0) is 26.3. The van der Waals surface area contributed by atoms with Crippen LogP contribution in [0.15, 0.2) is 60.7 Å². The standard InChI is InChI=1S/2C6H6O.C3H8.2C2H6O.4C2H6/c2*7-6-4-2-1-3-5-6;1-3-2;2*1-2-3;4*1-2/h2*1-5,7H;3H2,1-2H3;2*3H,2H2,1H3;4*1-2H3. The van der Waals surface area contributed by atoms with Crippen LogP contribution in [-0.4, -0.2) is 33.6 Å². The van der Waals surface area contributed by atoms with Crippen molar-refractivity contribution < 1.29 is 20.4 Å². The molecule has 0 unspecified atom stereocenters. The first-order valence-corrected chi connectivity index (χ1v) is 11.7. The summed E-state index contributed by atoms with van der Waals surface area (Å²) in [7, 11) is 0. The predicted molar refractivity (Wildman–Crippen MR) is 143 cm³/mol. The molecule has 0 amide bonds. The molecule has 4 heteroatoms. The number of benzene rings is 2. The van der Waals surface area contributed by atoms with Gasteiger partial charge in [-0.2, -0.15) is 0 Å². The summed E-state index contributed by atoms with van der Waals surface area (Å²) in [5.41, 5.74) is 0. The minimum absolute atomic E-state index is 0.250. The largest absolute Gasteiger partial charge is 0.508 e. The molecule has 0 spiro atoms. The molecular formula is C27H56O4. The molecule has 0 heterocycles. The summed E-state index contributed by atoms with van der Waals surface area (Å²) in [4.78, 5) is 0. The van der Waals surface area contributed by atoms with Crippen LogP contribution in [0.5, 0.6) is 11.5 Å². The first-order valence-electron chi connectivity index (χ1n) is 11.7. The van der Waals surface area contributed by atoms with E-state index in [1.807, 2.05) is 67.5 Å². The third-order valence-electron chi connectivity index (χ3n) is 1.51. The Bertz CT molecular complexity index is 350. The Labute approximate surface area is 195 Å². The Balaban J connectivity index is -0.0000000449. The second kappa shape index (κ2) is 70.7. The molecule has 0 aromatic heterocycles. The van der Waals surface area contributed by atoms with Crippen molar-refractivity contribution in [1.82, 2.24) is 0 Å². The lowest BCUT2D eigenvalue weighted by Gasteiger charge is -1.82. The highest BCUT2D eigenvalue weighted by Gasteiger charge is 1.75. The topological polar surface area (TPSA) is 80.9 Å². The molecule has 0 atom stereocenters. The van der Waals surface area contributed by atoms with E-state index < -0.39 is 0 Å². The monoisotopic (exact) mass is 444 g/mol. The first kappa shape index (κ1) is 46.9. The van der Waals surface area contributed by atoms with Crippen LogP contribution in [0.25, 0.3) is 0 Å². The quantitative estimate of drug-likeness (QED) is 0.329. The van der Waals surface area contributed by atoms with Crippen molar-refractivity contribution in [2.24, 2.45) is 0 Å². The van der Waals surface area contributed by atoms with Crippen molar-refractivity contribution in [3.05, 3.63) is 60.7 Å². The van der Waals surface area contributed by atoms with Crippen molar-refractivity contribution in [3.63, 3.8) is 0 Å². The van der Waals surface area contributed by atoms with E-state index in [9.17, 15) is 0 Å². The Hall–Kier alpha value is -2.04. The fourth-order valence-electron chi connectivity index (χ4n) is 0.856. The molecule has 31 heavy (non-hydrogen) atoms. The molecule has 2 aromatic rings. The summed E-state index contributed by atoms with van der Waals surface area (Å²) in [6, 6.07) is 17.4. The Morgan fingerprint density at radius 3 is 0.645 bits per heavy atom. The molecule has 4 N–H and O–H groups in total. The molecule has 2 rings (SSSR count). The van der Waals surface area contributed by atoms with Crippen LogP contribution in [0.1, 0.15) is 89.5 Å². The van der Waals surface area contributed by atoms with Crippen LogP contribution >= 0.6 is 0 Å². The zero-order valence-corrected chi connectivity index (χ0v) is 22.7. The Kier molecular flexibility index (Phi) is 107. The van der Waals surface area contributed by atoms with Gasteiger partial charge in [0, 0.05) is 13.2 Å². The smallest absolute Gasteiger partial charge is 0.115 e. The normalized spacial score (nSPS) is 6.39. The summed E-state index contributed by atoms with van der Waals surface area (Å²) < 4.78 is 0. The third-order valence-corrected chi connectivity index (χ3v) is 1.51. The van der Waals surface area contributed by atoms with E-state index in [0.29, 0.717) is 11.5 Å². The number of aliphatic hydroxyl groups is 2. The lowest BCUT2D eigenvalue weighted by Crippen LogP contribution is -1.57. The number of hydrogen-bond acceptors (Lipinski definition) is 4. The number of rotatable bonds is 0. The van der Waals surface area contributed by atoms with Crippen molar-refractivity contribution in [2.75, 3.05) is 13.2 Å². The van der Waals surface area contributed by atoms with Crippen molar-refractivity contribution in [2.45, 2.75) is 89.5 Å². The molecule has 0 radical (unpaired) electrons. The molecule has 2 aromatic carbocycles. The van der Waals surface area contributed by atoms with Gasteiger partial charge in [-0.3, -0.25) is 0 Å². The van der Waals surface area contributed by atoms with E-state index in [4.69, 9.17) is 20.4 Å². The maximum absolute atomic E-state index is 8.63. The maximum Gasteiger partial charge on any atom is 0.115 e. The lowest BCUT2D eigenvalue weighted by molar-refractivity contribution is 0.318. The van der Waals surface area contributed by atoms with E-state index in [0.717, 1.165) is 0 Å². The number of phenols is 2. The van der Waals surface area contributed by atoms with Gasteiger partial charge in [-0.1, -0.05) is 112 Å². The summed E-state index contributed by atoms with van der Waals surface area (Å²) in [6.45, 7) is 24.1. The molecule has 0 saturated heterocycles. The lowest BCUT2D eigenvalue weighted by atomic mass is 10.3. The van der Waals surface area contributed by atoms with Gasteiger partial charge in [0.2, 0.25) is 0 Å². The second-order valence-electron chi connectivity index (χ2n) is 4.01. The van der Waals surface area contributed by atoms with Crippen LogP contribution in [0.2, 0.25) is 0 Å². The van der Waals surface area contributed by atoms with Gasteiger partial charge in [-0.05, 0) is 38.1 Å². The summed E-state index contributed by atoms with van der Waals surface area (Å²) in [6.07, 6.45) is 1.25. The minimum Gasteiger partial charge on any atom is -0.508 e. The second-order valence-corrected chi connectivity index (χ2v) is 4.01. The van der Waals surface area contributed by atoms with Gasteiger partial charge in [0.1, 0.15) is 11.5 Å². The molecule has 0 aliphatic heterocycles. The Morgan fingerprint density at radius 1 is 0.452 bits per heavy atom. The SMILES string of the molecule is CC.CC.CC.CC.CCC.CCO.CCO.Oc1ccccc1.Oc1ccccc1. The molecule has 0 aliphatic rings. The van der Waals surface area contributed by atoms with Crippen LogP contribution < -0.4 is 0 Å². The fourth-order valence-corrected chi connectivity index (χ4v) is 0.856. The average Bonchev–Trinajstić information content (AvgIpc) is 2.82. The van der Waals surface area contributed by atoms with Crippen LogP contribution in [-0.2, 0) is 0 Å². The van der Waals surface area contributed by atoms with E-state index >= 15 is 0 Å². The average molecular weight is 445 g/mol. The first-order chi connectivity index (χ1) is 15.0. The van der Waals surface area contributed by atoms with Gasteiger partial charge in [-0.25, -0.2) is 0 Å². The Morgan fingerprint density at radius 2 is 0.581 bits per heavy atom. The van der Waals surface area contributed by atoms with E-state index in [-0.39, 0.29) is 13.2 Å². The van der Waals surface area contributed by atoms with Crippen molar-refractivity contribution >= 4 is 0 Å². The van der Waals surface area contributed by atoms with Crippen LogP contribution in [0, 0.1) is 0 Å². The molecule has 0 fully saturated rings. The molecule has 4 nitrogen and oxygen atoms in total. The number of phenolic OH excluding ortho intramolecular Hbond substituents is 2. The van der Waals surface area contributed by atoms with Gasteiger partial charge in [0.15, 0.2) is 0 Å². The van der Waals surface area contributed by atoms with Gasteiger partial charge in [0.05, 0.1) is 0 Å². The number of para-hydroxylation sites is 2. The molecule has 0 bridgehead atoms. The molecule has 0 saturated carbocycles. The van der Waals surface area contributed by atoms with Crippen molar-refractivity contribution in [3.8, 4) is 11.5 Å². The zero-order valence-electron chi connectivity index (χ0n) is 22.7. The fraction of sp³-hybridized carbons (Fsp3) is 0.556. The van der Waals surface area contributed by atoms with E-state index in [1.54, 1.807) is 62.4 Å². The van der Waals surface area contributed by atoms with Gasteiger partial charge < -0.3 is 20.4 Å². The van der Waals surface area contributed by atoms with E-state index in [1.165, 1.54) is 6.42 Å². The van der Waals surface area contributed by atoms with Crippen LogP contribution in [0.3, 0.4) is 0 Å². The van der Waals surface area contributed by atoms with Gasteiger partial charge in [0.25, 0.3) is 0 Å². The van der Waals surface area contributed by atoms with Crippen LogP contribution in [0.4, 0.5) is 0 Å². The minimum atomic E-state index is 0.250.